The molecule has 0 unspecified atom stereocenters. The third-order valence-corrected chi connectivity index (χ3v) is 4.29. The Morgan fingerprint density at radius 2 is 2.21 bits per heavy atom. The summed E-state index contributed by atoms with van der Waals surface area (Å²) < 4.78 is 5.53. The molecule has 1 aliphatic heterocycles. The van der Waals surface area contributed by atoms with E-state index in [1.165, 1.54) is 12.8 Å². The molecular weight excluding hydrogens is 306 g/mol. The van der Waals surface area contributed by atoms with E-state index in [0.717, 1.165) is 37.6 Å². The molecule has 1 aromatic carbocycles. The SMILES string of the molecule is O=C(NCCCOCC1CC1)Nc1cccc(N2CCCC2=O)c1. The summed E-state index contributed by atoms with van der Waals surface area (Å²) in [7, 11) is 0. The number of benzene rings is 1. The van der Waals surface area contributed by atoms with Crippen LogP contribution in [0.1, 0.15) is 32.1 Å². The van der Waals surface area contributed by atoms with Crippen molar-refractivity contribution in [3.8, 4) is 0 Å². The van der Waals surface area contributed by atoms with Gasteiger partial charge in [0.05, 0.1) is 0 Å². The molecule has 2 N–H and O–H groups in total. The number of carbonyl (C=O) groups excluding carboxylic acids is 2. The number of rotatable bonds is 8. The van der Waals surface area contributed by atoms with Crippen molar-refractivity contribution < 1.29 is 14.3 Å². The molecule has 1 heterocycles. The first-order valence-electron chi connectivity index (χ1n) is 8.75. The number of hydrogen-bond donors (Lipinski definition) is 2. The first kappa shape index (κ1) is 16.8. The van der Waals surface area contributed by atoms with Gasteiger partial charge in [-0.25, -0.2) is 4.79 Å². The van der Waals surface area contributed by atoms with E-state index in [4.69, 9.17) is 4.74 Å². The van der Waals surface area contributed by atoms with Gasteiger partial charge < -0.3 is 20.3 Å². The average Bonchev–Trinajstić information content (AvgIpc) is 3.30. The molecule has 0 atom stereocenters. The highest BCUT2D eigenvalue weighted by Crippen LogP contribution is 2.28. The summed E-state index contributed by atoms with van der Waals surface area (Å²) in [5.74, 6) is 0.916. The highest BCUT2D eigenvalue weighted by molar-refractivity contribution is 5.96. The number of carbonyl (C=O) groups is 2. The Hall–Kier alpha value is -2.08. The maximum Gasteiger partial charge on any atom is 0.319 e. The number of amides is 3. The van der Waals surface area contributed by atoms with Gasteiger partial charge in [-0.15, -0.1) is 0 Å². The van der Waals surface area contributed by atoms with Crippen LogP contribution in [-0.4, -0.2) is 38.2 Å². The van der Waals surface area contributed by atoms with Crippen LogP contribution in [0, 0.1) is 5.92 Å². The molecule has 0 bridgehead atoms. The lowest BCUT2D eigenvalue weighted by atomic mass is 10.2. The van der Waals surface area contributed by atoms with Gasteiger partial charge in [0.1, 0.15) is 0 Å². The van der Waals surface area contributed by atoms with Crippen molar-refractivity contribution in [3.05, 3.63) is 24.3 Å². The highest BCUT2D eigenvalue weighted by Gasteiger charge is 2.22. The van der Waals surface area contributed by atoms with Crippen LogP contribution in [0.5, 0.6) is 0 Å². The molecule has 6 nitrogen and oxygen atoms in total. The van der Waals surface area contributed by atoms with Gasteiger partial charge in [0.2, 0.25) is 5.91 Å². The molecule has 2 fully saturated rings. The van der Waals surface area contributed by atoms with Gasteiger partial charge in [-0.1, -0.05) is 6.07 Å². The second-order valence-electron chi connectivity index (χ2n) is 6.45. The molecule has 1 aliphatic carbocycles. The first-order valence-corrected chi connectivity index (χ1v) is 8.75. The number of urea groups is 1. The van der Waals surface area contributed by atoms with E-state index in [0.29, 0.717) is 25.3 Å². The van der Waals surface area contributed by atoms with Crippen LogP contribution in [0.25, 0.3) is 0 Å². The lowest BCUT2D eigenvalue weighted by molar-refractivity contribution is -0.117. The van der Waals surface area contributed by atoms with Crippen molar-refractivity contribution in [2.75, 3.05) is 36.5 Å². The van der Waals surface area contributed by atoms with Gasteiger partial charge in [0.25, 0.3) is 0 Å². The molecule has 2 aliphatic rings. The van der Waals surface area contributed by atoms with Crippen molar-refractivity contribution in [2.45, 2.75) is 32.1 Å². The molecule has 1 aromatic rings. The normalized spacial score (nSPS) is 17.2. The quantitative estimate of drug-likeness (QED) is 0.720. The minimum absolute atomic E-state index is 0.141. The van der Waals surface area contributed by atoms with Crippen LogP contribution >= 0.6 is 0 Å². The van der Waals surface area contributed by atoms with Gasteiger partial charge in [0, 0.05) is 44.1 Å². The van der Waals surface area contributed by atoms with E-state index in [1.807, 2.05) is 24.3 Å². The molecule has 0 radical (unpaired) electrons. The van der Waals surface area contributed by atoms with E-state index < -0.39 is 0 Å². The van der Waals surface area contributed by atoms with Crippen molar-refractivity contribution in [1.29, 1.82) is 0 Å². The molecule has 24 heavy (non-hydrogen) atoms. The monoisotopic (exact) mass is 331 g/mol. The van der Waals surface area contributed by atoms with E-state index in [2.05, 4.69) is 10.6 Å². The fourth-order valence-electron chi connectivity index (χ4n) is 2.76. The zero-order valence-electron chi connectivity index (χ0n) is 13.9. The molecule has 6 heteroatoms. The van der Waals surface area contributed by atoms with Crippen LogP contribution in [0.15, 0.2) is 24.3 Å². The van der Waals surface area contributed by atoms with Crippen molar-refractivity contribution in [1.82, 2.24) is 5.32 Å². The Labute approximate surface area is 142 Å². The average molecular weight is 331 g/mol. The Morgan fingerprint density at radius 1 is 1.33 bits per heavy atom. The first-order chi connectivity index (χ1) is 11.7. The van der Waals surface area contributed by atoms with Gasteiger partial charge in [-0.3, -0.25) is 4.79 Å². The summed E-state index contributed by atoms with van der Waals surface area (Å²) in [5.41, 5.74) is 1.53. The van der Waals surface area contributed by atoms with Crippen LogP contribution < -0.4 is 15.5 Å². The third kappa shape index (κ3) is 4.96. The lowest BCUT2D eigenvalue weighted by Gasteiger charge is -2.17. The molecular formula is C18H25N3O3. The van der Waals surface area contributed by atoms with Gasteiger partial charge in [0.15, 0.2) is 0 Å². The second-order valence-corrected chi connectivity index (χ2v) is 6.45. The minimum atomic E-state index is -0.234. The van der Waals surface area contributed by atoms with E-state index >= 15 is 0 Å². The largest absolute Gasteiger partial charge is 0.381 e. The number of nitrogens with zero attached hydrogens (tertiary/aromatic N) is 1. The molecule has 0 aromatic heterocycles. The topological polar surface area (TPSA) is 70.7 Å². The Balaban J connectivity index is 1.38. The second kappa shape index (κ2) is 8.15. The zero-order valence-corrected chi connectivity index (χ0v) is 13.9. The van der Waals surface area contributed by atoms with Crippen molar-refractivity contribution >= 4 is 23.3 Å². The summed E-state index contributed by atoms with van der Waals surface area (Å²) in [6.45, 7) is 2.87. The summed E-state index contributed by atoms with van der Waals surface area (Å²) >= 11 is 0. The van der Waals surface area contributed by atoms with Crippen LogP contribution in [0.2, 0.25) is 0 Å². The Morgan fingerprint density at radius 3 is 2.96 bits per heavy atom. The van der Waals surface area contributed by atoms with Gasteiger partial charge in [-0.2, -0.15) is 0 Å². The summed E-state index contributed by atoms with van der Waals surface area (Å²) in [4.78, 5) is 25.5. The molecule has 1 saturated heterocycles. The number of hydrogen-bond acceptors (Lipinski definition) is 3. The summed E-state index contributed by atoms with van der Waals surface area (Å²) in [6.07, 6.45) is 4.88. The van der Waals surface area contributed by atoms with E-state index in [-0.39, 0.29) is 11.9 Å². The molecule has 1 saturated carbocycles. The Bertz CT molecular complexity index is 587. The highest BCUT2D eigenvalue weighted by atomic mass is 16.5. The van der Waals surface area contributed by atoms with Crippen molar-refractivity contribution in [3.63, 3.8) is 0 Å². The van der Waals surface area contributed by atoms with E-state index in [1.54, 1.807) is 4.90 Å². The summed E-state index contributed by atoms with van der Waals surface area (Å²) in [6, 6.07) is 7.16. The zero-order chi connectivity index (χ0) is 16.8. The summed E-state index contributed by atoms with van der Waals surface area (Å²) in [5, 5.41) is 5.63. The maximum atomic E-state index is 11.9. The fraction of sp³-hybridized carbons (Fsp3) is 0.556. The lowest BCUT2D eigenvalue weighted by Crippen LogP contribution is -2.30. The Kier molecular flexibility index (Phi) is 5.69. The van der Waals surface area contributed by atoms with E-state index in [9.17, 15) is 9.59 Å². The fourth-order valence-corrected chi connectivity index (χ4v) is 2.76. The number of nitrogens with one attached hydrogen (secondary N) is 2. The van der Waals surface area contributed by atoms with Crippen LogP contribution in [0.4, 0.5) is 16.2 Å². The standard InChI is InChI=1S/C18H25N3O3/c22-17-6-2-10-21(17)16-5-1-4-15(12-16)20-18(23)19-9-3-11-24-13-14-7-8-14/h1,4-5,12,14H,2-3,6-11,13H2,(H2,19,20,23). The van der Waals surface area contributed by atoms with Gasteiger partial charge in [-0.05, 0) is 49.8 Å². The van der Waals surface area contributed by atoms with Crippen LogP contribution in [0.3, 0.4) is 0 Å². The van der Waals surface area contributed by atoms with Gasteiger partial charge >= 0.3 is 6.03 Å². The molecule has 0 spiro atoms. The van der Waals surface area contributed by atoms with Crippen LogP contribution in [-0.2, 0) is 9.53 Å². The minimum Gasteiger partial charge on any atom is -0.381 e. The maximum absolute atomic E-state index is 11.9. The predicted molar refractivity (Wildman–Crippen MR) is 93.2 cm³/mol. The number of anilines is 2. The molecule has 3 rings (SSSR count). The number of ether oxygens (including phenoxy) is 1. The molecule has 3 amide bonds. The smallest absolute Gasteiger partial charge is 0.319 e. The molecule has 130 valence electrons. The third-order valence-electron chi connectivity index (χ3n) is 4.29. The van der Waals surface area contributed by atoms with Crippen molar-refractivity contribution in [2.24, 2.45) is 5.92 Å². The predicted octanol–water partition coefficient (Wildman–Crippen LogP) is 2.75.